The van der Waals surface area contributed by atoms with Crippen LogP contribution in [0.25, 0.3) is 0 Å². The van der Waals surface area contributed by atoms with Gasteiger partial charge < -0.3 is 14.8 Å². The molecule has 4 heteroatoms. The average molecular weight is 310 g/mol. The molecule has 22 heavy (non-hydrogen) atoms. The van der Waals surface area contributed by atoms with Crippen LogP contribution in [-0.2, 0) is 0 Å². The number of nitrogens with zero attached hydrogens (tertiary/aromatic N) is 2. The first-order chi connectivity index (χ1) is 10.4. The first-order valence-corrected chi connectivity index (χ1v) is 8.67. The van der Waals surface area contributed by atoms with Crippen molar-refractivity contribution in [1.29, 1.82) is 0 Å². The smallest absolute Gasteiger partial charge is 0.0950 e. The van der Waals surface area contributed by atoms with Crippen LogP contribution in [0.2, 0.25) is 0 Å². The van der Waals surface area contributed by atoms with Crippen LogP contribution < -0.4 is 0 Å². The van der Waals surface area contributed by atoms with Gasteiger partial charge in [-0.2, -0.15) is 0 Å². The molecule has 128 valence electrons. The Hall–Kier alpha value is -0.870. The monoisotopic (exact) mass is 310 g/mol. The second kappa shape index (κ2) is 9.31. The Morgan fingerprint density at radius 3 is 2.36 bits per heavy atom. The van der Waals surface area contributed by atoms with Gasteiger partial charge in [-0.1, -0.05) is 52.9 Å². The van der Waals surface area contributed by atoms with E-state index in [1.807, 2.05) is 6.92 Å². The van der Waals surface area contributed by atoms with E-state index in [0.717, 1.165) is 18.8 Å². The molecule has 0 aliphatic heterocycles. The van der Waals surface area contributed by atoms with E-state index in [9.17, 15) is 10.2 Å². The number of hydrogen-bond acceptors (Lipinski definition) is 3. The van der Waals surface area contributed by atoms with Gasteiger partial charge in [-0.3, -0.25) is 0 Å². The molecule has 0 saturated carbocycles. The minimum atomic E-state index is -0.910. The molecule has 0 spiro atoms. The standard InChI is InChI=1S/C18H34N2O2/c1-15(2)7-5-8-16(3)9-6-10-18(4,22)17(13-21)20-12-11-19-14-20/h11-12,14-17,21-22H,5-10,13H2,1-4H3. The van der Waals surface area contributed by atoms with Crippen LogP contribution >= 0.6 is 0 Å². The zero-order valence-electron chi connectivity index (χ0n) is 14.7. The van der Waals surface area contributed by atoms with Crippen molar-refractivity contribution in [3.05, 3.63) is 18.7 Å². The molecule has 1 aromatic heterocycles. The van der Waals surface area contributed by atoms with E-state index in [-0.39, 0.29) is 12.6 Å². The minimum absolute atomic E-state index is 0.0761. The van der Waals surface area contributed by atoms with Gasteiger partial charge in [0.1, 0.15) is 0 Å². The predicted octanol–water partition coefficient (Wildman–Crippen LogP) is 3.80. The van der Waals surface area contributed by atoms with E-state index in [1.54, 1.807) is 23.3 Å². The number of hydrogen-bond donors (Lipinski definition) is 2. The molecule has 4 nitrogen and oxygen atoms in total. The zero-order chi connectivity index (χ0) is 16.6. The Labute approximate surface area is 135 Å². The first-order valence-electron chi connectivity index (χ1n) is 8.67. The van der Waals surface area contributed by atoms with E-state index in [4.69, 9.17) is 0 Å². The van der Waals surface area contributed by atoms with Gasteiger partial charge in [0.15, 0.2) is 0 Å². The number of aromatic nitrogens is 2. The molecule has 0 saturated heterocycles. The molecule has 0 amide bonds. The molecule has 1 aromatic rings. The van der Waals surface area contributed by atoms with Gasteiger partial charge in [0.2, 0.25) is 0 Å². The van der Waals surface area contributed by atoms with Crippen LogP contribution in [0, 0.1) is 11.8 Å². The summed E-state index contributed by atoms with van der Waals surface area (Å²) < 4.78 is 1.80. The van der Waals surface area contributed by atoms with Gasteiger partial charge in [-0.15, -0.1) is 0 Å². The van der Waals surface area contributed by atoms with Crippen molar-refractivity contribution in [2.24, 2.45) is 11.8 Å². The molecule has 0 aliphatic rings. The summed E-state index contributed by atoms with van der Waals surface area (Å²) in [6.45, 7) is 8.58. The van der Waals surface area contributed by atoms with Crippen molar-refractivity contribution >= 4 is 0 Å². The highest BCUT2D eigenvalue weighted by molar-refractivity contribution is 4.91. The fourth-order valence-corrected chi connectivity index (χ4v) is 3.06. The highest BCUT2D eigenvalue weighted by atomic mass is 16.3. The molecule has 0 aromatic carbocycles. The van der Waals surface area contributed by atoms with Crippen LogP contribution in [-0.4, -0.2) is 32.0 Å². The molecular weight excluding hydrogens is 276 g/mol. The van der Waals surface area contributed by atoms with Crippen LogP contribution in [0.1, 0.15) is 72.3 Å². The minimum Gasteiger partial charge on any atom is -0.394 e. The molecule has 0 fully saturated rings. The van der Waals surface area contributed by atoms with Crippen LogP contribution in [0.4, 0.5) is 0 Å². The summed E-state index contributed by atoms with van der Waals surface area (Å²) in [5, 5.41) is 20.3. The van der Waals surface area contributed by atoms with Crippen LogP contribution in [0.3, 0.4) is 0 Å². The average Bonchev–Trinajstić information content (AvgIpc) is 2.92. The van der Waals surface area contributed by atoms with Crippen molar-refractivity contribution in [3.63, 3.8) is 0 Å². The van der Waals surface area contributed by atoms with E-state index in [1.165, 1.54) is 19.3 Å². The van der Waals surface area contributed by atoms with E-state index in [2.05, 4.69) is 25.8 Å². The molecule has 2 N–H and O–H groups in total. The SMILES string of the molecule is CC(C)CCCC(C)CCCC(C)(O)C(CO)n1ccnc1. The summed E-state index contributed by atoms with van der Waals surface area (Å²) >= 11 is 0. The Morgan fingerprint density at radius 1 is 1.14 bits per heavy atom. The fourth-order valence-electron chi connectivity index (χ4n) is 3.06. The van der Waals surface area contributed by atoms with Gasteiger partial charge in [-0.05, 0) is 25.2 Å². The predicted molar refractivity (Wildman–Crippen MR) is 90.7 cm³/mol. The maximum atomic E-state index is 10.7. The van der Waals surface area contributed by atoms with Crippen LogP contribution in [0.15, 0.2) is 18.7 Å². The molecule has 1 heterocycles. The van der Waals surface area contributed by atoms with Gasteiger partial charge in [0, 0.05) is 12.4 Å². The lowest BCUT2D eigenvalue weighted by atomic mass is 9.88. The summed E-state index contributed by atoms with van der Waals surface area (Å²) in [5.41, 5.74) is -0.910. The molecule has 0 bridgehead atoms. The molecule has 0 radical (unpaired) electrons. The summed E-state index contributed by atoms with van der Waals surface area (Å²) in [4.78, 5) is 4.00. The third kappa shape index (κ3) is 6.49. The zero-order valence-corrected chi connectivity index (χ0v) is 14.7. The van der Waals surface area contributed by atoms with Gasteiger partial charge >= 0.3 is 0 Å². The maximum absolute atomic E-state index is 10.7. The summed E-state index contributed by atoms with van der Waals surface area (Å²) in [6, 6.07) is -0.328. The molecule has 3 unspecified atom stereocenters. The molecular formula is C18H34N2O2. The third-order valence-electron chi connectivity index (χ3n) is 4.63. The van der Waals surface area contributed by atoms with E-state index >= 15 is 0 Å². The number of aliphatic hydroxyl groups is 2. The quantitative estimate of drug-likeness (QED) is 0.653. The normalized spacial score (nSPS) is 17.4. The number of rotatable bonds is 11. The lowest BCUT2D eigenvalue weighted by molar-refractivity contribution is -0.0262. The molecule has 0 aliphatic carbocycles. The Morgan fingerprint density at radius 2 is 1.82 bits per heavy atom. The van der Waals surface area contributed by atoms with Gasteiger partial charge in [-0.25, -0.2) is 4.98 Å². The van der Waals surface area contributed by atoms with Crippen molar-refractivity contribution < 1.29 is 10.2 Å². The van der Waals surface area contributed by atoms with Crippen molar-refractivity contribution in [1.82, 2.24) is 9.55 Å². The topological polar surface area (TPSA) is 58.3 Å². The van der Waals surface area contributed by atoms with Crippen molar-refractivity contribution in [2.75, 3.05) is 6.61 Å². The van der Waals surface area contributed by atoms with Crippen LogP contribution in [0.5, 0.6) is 0 Å². The van der Waals surface area contributed by atoms with Gasteiger partial charge in [0.25, 0.3) is 0 Å². The lowest BCUT2D eigenvalue weighted by Gasteiger charge is -2.33. The first kappa shape index (κ1) is 19.2. The maximum Gasteiger partial charge on any atom is 0.0950 e. The largest absolute Gasteiger partial charge is 0.394 e. The highest BCUT2D eigenvalue weighted by Crippen LogP contribution is 2.29. The van der Waals surface area contributed by atoms with E-state index in [0.29, 0.717) is 12.3 Å². The molecule has 1 rings (SSSR count). The fraction of sp³-hybridized carbons (Fsp3) is 0.833. The number of imidazole rings is 1. The van der Waals surface area contributed by atoms with Crippen molar-refractivity contribution in [3.8, 4) is 0 Å². The summed E-state index contributed by atoms with van der Waals surface area (Å²) in [6.07, 6.45) is 11.8. The second-order valence-corrected chi connectivity index (χ2v) is 7.39. The summed E-state index contributed by atoms with van der Waals surface area (Å²) in [5.74, 6) is 1.49. The summed E-state index contributed by atoms with van der Waals surface area (Å²) in [7, 11) is 0. The molecule has 3 atom stereocenters. The third-order valence-corrected chi connectivity index (χ3v) is 4.63. The number of aliphatic hydroxyl groups excluding tert-OH is 1. The highest BCUT2D eigenvalue weighted by Gasteiger charge is 2.32. The Balaban J connectivity index is 2.35. The Bertz CT molecular complexity index is 388. The lowest BCUT2D eigenvalue weighted by Crippen LogP contribution is -2.38. The van der Waals surface area contributed by atoms with E-state index < -0.39 is 5.60 Å². The van der Waals surface area contributed by atoms with Gasteiger partial charge in [0.05, 0.1) is 24.6 Å². The Kier molecular flexibility index (Phi) is 8.12. The van der Waals surface area contributed by atoms with Crippen molar-refractivity contribution in [2.45, 2.75) is 77.9 Å². The second-order valence-electron chi connectivity index (χ2n) is 7.39.